The zero-order valence-corrected chi connectivity index (χ0v) is 26.0. The zero-order valence-electron chi connectivity index (χ0n) is 25.2. The molecule has 4 aromatic rings. The molecule has 2 aromatic carbocycles. The molecule has 2 atom stereocenters. The summed E-state index contributed by atoms with van der Waals surface area (Å²) in [7, 11) is 3.21. The third-order valence-corrected chi connectivity index (χ3v) is 7.19. The molecule has 2 aromatic heterocycles. The standard InChI is InChI=1S/C30H36ClN7O5/c1-7-42-26(39)16-24-32-36-37(35-24)14-13-23-29-34-33-25(17-30(2,3)4)38(29)21-12-11-18(31)15-20(21)27(43-23)19-9-8-10-22(40-5)28(19)41-6/h8-12,15,23,27H,7,13-14,16-17H2,1-6H3/t23-,27-/m0/s1. The summed E-state index contributed by atoms with van der Waals surface area (Å²) in [4.78, 5) is 13.3. The maximum atomic E-state index is 11.9. The topological polar surface area (TPSA) is 128 Å². The highest BCUT2D eigenvalue weighted by atomic mass is 35.5. The number of methoxy groups -OCH3 is 2. The summed E-state index contributed by atoms with van der Waals surface area (Å²) in [5.41, 5.74) is 2.45. The molecule has 0 unspecified atom stereocenters. The number of hydrogen-bond acceptors (Lipinski definition) is 10. The van der Waals surface area contributed by atoms with Crippen LogP contribution in [0.1, 0.15) is 74.9 Å². The van der Waals surface area contributed by atoms with Crippen molar-refractivity contribution in [1.29, 1.82) is 0 Å². The van der Waals surface area contributed by atoms with E-state index in [1.165, 1.54) is 4.80 Å². The highest BCUT2D eigenvalue weighted by molar-refractivity contribution is 6.30. The molecular weight excluding hydrogens is 574 g/mol. The summed E-state index contributed by atoms with van der Waals surface area (Å²) in [6, 6.07) is 11.4. The number of ether oxygens (including phenoxy) is 4. The van der Waals surface area contributed by atoms with Gasteiger partial charge in [-0.05, 0) is 41.8 Å². The van der Waals surface area contributed by atoms with Crippen LogP contribution in [-0.4, -0.2) is 61.8 Å². The molecule has 0 bridgehead atoms. The fraction of sp³-hybridized carbons (Fsp3) is 0.467. The van der Waals surface area contributed by atoms with Crippen LogP contribution in [0, 0.1) is 5.41 Å². The third-order valence-electron chi connectivity index (χ3n) is 6.95. The number of fused-ring (bicyclic) bond motifs is 3. The predicted octanol–water partition coefficient (Wildman–Crippen LogP) is 4.87. The minimum Gasteiger partial charge on any atom is -0.493 e. The van der Waals surface area contributed by atoms with Crippen molar-refractivity contribution in [2.45, 2.75) is 65.7 Å². The van der Waals surface area contributed by atoms with Gasteiger partial charge in [-0.1, -0.05) is 44.5 Å². The quantitative estimate of drug-likeness (QED) is 0.230. The third kappa shape index (κ3) is 6.65. The molecule has 1 aliphatic rings. The molecule has 13 heteroatoms. The van der Waals surface area contributed by atoms with Gasteiger partial charge in [0.2, 0.25) is 0 Å². The van der Waals surface area contributed by atoms with Crippen molar-refractivity contribution in [3.05, 3.63) is 70.0 Å². The number of esters is 1. The van der Waals surface area contributed by atoms with Gasteiger partial charge in [0.15, 0.2) is 23.1 Å². The summed E-state index contributed by atoms with van der Waals surface area (Å²) in [6.45, 7) is 8.88. The maximum absolute atomic E-state index is 11.9. The number of nitrogens with zero attached hydrogens (tertiary/aromatic N) is 7. The van der Waals surface area contributed by atoms with Crippen molar-refractivity contribution >= 4 is 17.6 Å². The smallest absolute Gasteiger partial charge is 0.313 e. The molecule has 0 N–H and O–H groups in total. The van der Waals surface area contributed by atoms with E-state index in [0.29, 0.717) is 41.7 Å². The molecule has 1 aliphatic heterocycles. The van der Waals surface area contributed by atoms with Crippen molar-refractivity contribution < 1.29 is 23.7 Å². The van der Waals surface area contributed by atoms with Gasteiger partial charge in [-0.3, -0.25) is 9.36 Å². The number of carbonyl (C=O) groups is 1. The molecule has 0 spiro atoms. The molecule has 0 aliphatic carbocycles. The maximum Gasteiger partial charge on any atom is 0.313 e. The lowest BCUT2D eigenvalue weighted by atomic mass is 9.91. The highest BCUT2D eigenvalue weighted by Crippen LogP contribution is 2.46. The number of tetrazole rings is 1. The Kier molecular flexibility index (Phi) is 8.97. The first-order chi connectivity index (χ1) is 20.6. The van der Waals surface area contributed by atoms with Crippen LogP contribution in [0.3, 0.4) is 0 Å². The predicted molar refractivity (Wildman–Crippen MR) is 158 cm³/mol. The first kappa shape index (κ1) is 30.4. The van der Waals surface area contributed by atoms with Crippen LogP contribution < -0.4 is 9.47 Å². The van der Waals surface area contributed by atoms with Crippen molar-refractivity contribution in [3.8, 4) is 17.2 Å². The van der Waals surface area contributed by atoms with E-state index in [4.69, 9.17) is 30.5 Å². The summed E-state index contributed by atoms with van der Waals surface area (Å²) < 4.78 is 25.5. The number of benzene rings is 2. The Bertz CT molecular complexity index is 1600. The Morgan fingerprint density at radius 2 is 1.88 bits per heavy atom. The summed E-state index contributed by atoms with van der Waals surface area (Å²) in [6.07, 6.45) is -0.0489. The molecule has 12 nitrogen and oxygen atoms in total. The second kappa shape index (κ2) is 12.7. The molecule has 0 radical (unpaired) electrons. The van der Waals surface area contributed by atoms with Crippen molar-refractivity contribution in [2.24, 2.45) is 5.41 Å². The number of aryl methyl sites for hydroxylation is 1. The van der Waals surface area contributed by atoms with Gasteiger partial charge in [0.05, 0.1) is 33.1 Å². The molecule has 0 amide bonds. The molecule has 228 valence electrons. The molecule has 3 heterocycles. The Labute approximate surface area is 255 Å². The van der Waals surface area contributed by atoms with E-state index < -0.39 is 18.2 Å². The SMILES string of the molecule is CCOC(=O)Cc1nnn(CC[C@@H]2O[C@@H](c3cccc(OC)c3OC)c3cc(Cl)ccc3-n3c(CC(C)(C)C)nnc32)n1. The average Bonchev–Trinajstić information content (AvgIpc) is 3.55. The van der Waals surface area contributed by atoms with E-state index >= 15 is 0 Å². The van der Waals surface area contributed by atoms with Crippen LogP contribution in [0.4, 0.5) is 0 Å². The van der Waals surface area contributed by atoms with Gasteiger partial charge in [0.25, 0.3) is 0 Å². The van der Waals surface area contributed by atoms with Gasteiger partial charge < -0.3 is 18.9 Å². The number of aromatic nitrogens is 7. The molecule has 0 saturated carbocycles. The first-order valence-corrected chi connectivity index (χ1v) is 14.5. The van der Waals surface area contributed by atoms with Crippen LogP contribution in [0.15, 0.2) is 36.4 Å². The van der Waals surface area contributed by atoms with Crippen LogP contribution in [0.5, 0.6) is 11.5 Å². The van der Waals surface area contributed by atoms with Gasteiger partial charge >= 0.3 is 5.97 Å². The second-order valence-electron chi connectivity index (χ2n) is 11.4. The van der Waals surface area contributed by atoms with Gasteiger partial charge in [-0.15, -0.1) is 20.4 Å². The molecule has 43 heavy (non-hydrogen) atoms. The van der Waals surface area contributed by atoms with Crippen molar-refractivity contribution in [3.63, 3.8) is 0 Å². The minimum absolute atomic E-state index is 0.0472. The molecule has 5 rings (SSSR count). The van der Waals surface area contributed by atoms with E-state index in [-0.39, 0.29) is 24.3 Å². The Balaban J connectivity index is 1.58. The van der Waals surface area contributed by atoms with E-state index in [9.17, 15) is 4.79 Å². The average molecular weight is 610 g/mol. The van der Waals surface area contributed by atoms with E-state index in [2.05, 4.69) is 50.9 Å². The van der Waals surface area contributed by atoms with Crippen molar-refractivity contribution in [2.75, 3.05) is 20.8 Å². The van der Waals surface area contributed by atoms with Gasteiger partial charge in [0, 0.05) is 29.0 Å². The van der Waals surface area contributed by atoms with Crippen LogP contribution in [0.2, 0.25) is 5.02 Å². The zero-order chi connectivity index (χ0) is 30.7. The van der Waals surface area contributed by atoms with Crippen molar-refractivity contribution in [1.82, 2.24) is 35.0 Å². The summed E-state index contributed by atoms with van der Waals surface area (Å²) in [5.74, 6) is 2.50. The minimum atomic E-state index is -0.587. The molecule has 0 saturated heterocycles. The normalized spacial score (nSPS) is 16.3. The number of halogens is 1. The first-order valence-electron chi connectivity index (χ1n) is 14.1. The van der Waals surface area contributed by atoms with Crippen LogP contribution >= 0.6 is 11.6 Å². The Morgan fingerprint density at radius 3 is 2.60 bits per heavy atom. The second-order valence-corrected chi connectivity index (χ2v) is 11.8. The molecule has 0 fully saturated rings. The van der Waals surface area contributed by atoms with Gasteiger partial charge in [0.1, 0.15) is 24.5 Å². The lowest BCUT2D eigenvalue weighted by molar-refractivity contribution is -0.142. The number of para-hydroxylation sites is 1. The Hall–Kier alpha value is -4.03. The summed E-state index contributed by atoms with van der Waals surface area (Å²) in [5, 5.41) is 22.4. The van der Waals surface area contributed by atoms with E-state index in [0.717, 1.165) is 22.6 Å². The van der Waals surface area contributed by atoms with E-state index in [1.54, 1.807) is 21.1 Å². The lowest BCUT2D eigenvalue weighted by Gasteiger charge is -2.25. The molecular formula is C30H36ClN7O5. The number of carbonyl (C=O) groups excluding carboxylic acids is 1. The lowest BCUT2D eigenvalue weighted by Crippen LogP contribution is -2.17. The largest absolute Gasteiger partial charge is 0.493 e. The fourth-order valence-electron chi connectivity index (χ4n) is 5.20. The highest BCUT2D eigenvalue weighted by Gasteiger charge is 2.36. The Morgan fingerprint density at radius 1 is 1.07 bits per heavy atom. The number of rotatable bonds is 10. The summed E-state index contributed by atoms with van der Waals surface area (Å²) >= 11 is 6.59. The van der Waals surface area contributed by atoms with Gasteiger partial charge in [-0.2, -0.15) is 4.80 Å². The monoisotopic (exact) mass is 609 g/mol. The number of hydrogen-bond donors (Lipinski definition) is 0. The van der Waals surface area contributed by atoms with Gasteiger partial charge in [-0.25, -0.2) is 0 Å². The van der Waals surface area contributed by atoms with E-state index in [1.807, 2.05) is 36.4 Å². The van der Waals surface area contributed by atoms with Crippen LogP contribution in [-0.2, 0) is 33.7 Å². The fourth-order valence-corrected chi connectivity index (χ4v) is 5.38. The van der Waals surface area contributed by atoms with Crippen LogP contribution in [0.25, 0.3) is 5.69 Å².